The van der Waals surface area contributed by atoms with Crippen molar-refractivity contribution in [1.82, 2.24) is 14.6 Å². The van der Waals surface area contributed by atoms with Crippen molar-refractivity contribution >= 4 is 22.0 Å². The molecule has 2 fully saturated rings. The summed E-state index contributed by atoms with van der Waals surface area (Å²) in [4.78, 5) is 24.6. The SMILES string of the molecule is CS(=O)(=O)NC1CCOC2(CCN(Cc3ccccn3)CC2)C1.O=C(O)C(F)(F)F.O=C(O)C(F)(F)F. The van der Waals surface area contributed by atoms with E-state index in [9.17, 15) is 34.8 Å². The average molecular weight is 568 g/mol. The molecule has 2 aliphatic rings. The van der Waals surface area contributed by atoms with Gasteiger partial charge in [-0.1, -0.05) is 6.07 Å². The third kappa shape index (κ3) is 13.0. The van der Waals surface area contributed by atoms with Crippen LogP contribution in [0.4, 0.5) is 26.3 Å². The normalized spacial score (nSPS) is 20.1. The monoisotopic (exact) mass is 567 g/mol. The zero-order chi connectivity index (χ0) is 28.5. The Bertz CT molecular complexity index is 958. The van der Waals surface area contributed by atoms with Crippen LogP contribution in [0, 0.1) is 0 Å². The molecule has 1 unspecified atom stereocenters. The molecule has 10 nitrogen and oxygen atoms in total. The lowest BCUT2D eigenvalue weighted by molar-refractivity contribution is -0.193. The largest absolute Gasteiger partial charge is 0.490 e. The maximum atomic E-state index is 11.5. The lowest BCUT2D eigenvalue weighted by Crippen LogP contribution is -2.53. The smallest absolute Gasteiger partial charge is 0.475 e. The predicted octanol–water partition coefficient (Wildman–Crippen LogP) is 2.41. The first-order chi connectivity index (χ1) is 16.8. The summed E-state index contributed by atoms with van der Waals surface area (Å²) in [6.07, 6.45) is -3.69. The van der Waals surface area contributed by atoms with Crippen molar-refractivity contribution in [3.63, 3.8) is 0 Å². The fraction of sp³-hybridized carbons (Fsp3) is 0.650. The maximum absolute atomic E-state index is 11.5. The van der Waals surface area contributed by atoms with Gasteiger partial charge in [0.15, 0.2) is 0 Å². The molecule has 0 aliphatic carbocycles. The number of carboxylic acids is 2. The van der Waals surface area contributed by atoms with E-state index in [1.807, 2.05) is 24.4 Å². The number of aromatic nitrogens is 1. The van der Waals surface area contributed by atoms with E-state index in [4.69, 9.17) is 24.5 Å². The van der Waals surface area contributed by atoms with Crippen LogP contribution in [0.15, 0.2) is 24.4 Å². The molecule has 0 aromatic carbocycles. The average Bonchev–Trinajstić information content (AvgIpc) is 2.75. The van der Waals surface area contributed by atoms with Gasteiger partial charge in [0.25, 0.3) is 0 Å². The number of rotatable bonds is 4. The van der Waals surface area contributed by atoms with Crippen molar-refractivity contribution in [1.29, 1.82) is 0 Å². The van der Waals surface area contributed by atoms with Crippen LogP contribution >= 0.6 is 0 Å². The van der Waals surface area contributed by atoms with Crippen molar-refractivity contribution in [2.24, 2.45) is 0 Å². The van der Waals surface area contributed by atoms with Gasteiger partial charge in [-0.25, -0.2) is 22.7 Å². The van der Waals surface area contributed by atoms with Crippen LogP contribution in [-0.2, 0) is 30.9 Å². The number of aliphatic carboxylic acids is 2. The topological polar surface area (TPSA) is 146 Å². The van der Waals surface area contributed by atoms with Crippen molar-refractivity contribution in [3.05, 3.63) is 30.1 Å². The van der Waals surface area contributed by atoms with Gasteiger partial charge in [-0.05, 0) is 37.8 Å². The highest BCUT2D eigenvalue weighted by molar-refractivity contribution is 7.88. The third-order valence-electron chi connectivity index (χ3n) is 5.24. The molecular weight excluding hydrogens is 540 g/mol. The molecule has 212 valence electrons. The second-order valence-electron chi connectivity index (χ2n) is 8.31. The number of carboxylic acid groups (broad SMARTS) is 2. The molecular formula is C20H27F6N3O7S. The fourth-order valence-corrected chi connectivity index (χ4v) is 4.43. The van der Waals surface area contributed by atoms with Crippen LogP contribution in [0.1, 0.15) is 31.4 Å². The number of sulfonamides is 1. The number of hydrogen-bond acceptors (Lipinski definition) is 7. The Morgan fingerprint density at radius 1 is 1.11 bits per heavy atom. The standard InChI is InChI=1S/C16H25N3O3S.2C2HF3O2/c1-23(20,21)18-14-5-11-22-16(12-14)6-9-19(10-7-16)13-15-4-2-3-8-17-15;2*3-2(4,5)1(6)7/h2-4,8,14,18H,5-7,9-13H2,1H3;2*(H,6,7). The first kappa shape index (κ1) is 32.5. The summed E-state index contributed by atoms with van der Waals surface area (Å²) < 4.78 is 95.2. The third-order valence-corrected chi connectivity index (χ3v) is 6.00. The van der Waals surface area contributed by atoms with Crippen LogP contribution in [-0.4, -0.2) is 90.4 Å². The Labute approximate surface area is 208 Å². The van der Waals surface area contributed by atoms with E-state index < -0.39 is 34.3 Å². The molecule has 3 N–H and O–H groups in total. The molecule has 17 heteroatoms. The molecule has 2 saturated heterocycles. The van der Waals surface area contributed by atoms with E-state index in [1.165, 1.54) is 6.26 Å². The van der Waals surface area contributed by atoms with Crippen LogP contribution < -0.4 is 4.72 Å². The van der Waals surface area contributed by atoms with Gasteiger partial charge < -0.3 is 14.9 Å². The molecule has 0 saturated carbocycles. The molecule has 1 aromatic rings. The lowest BCUT2D eigenvalue weighted by atomic mass is 9.82. The van der Waals surface area contributed by atoms with E-state index >= 15 is 0 Å². The number of ether oxygens (including phenoxy) is 1. The predicted molar refractivity (Wildman–Crippen MR) is 116 cm³/mol. The molecule has 3 heterocycles. The highest BCUT2D eigenvalue weighted by atomic mass is 32.2. The van der Waals surface area contributed by atoms with E-state index in [2.05, 4.69) is 14.6 Å². The Morgan fingerprint density at radius 3 is 2.03 bits per heavy atom. The van der Waals surface area contributed by atoms with Gasteiger partial charge in [0.2, 0.25) is 10.0 Å². The summed E-state index contributed by atoms with van der Waals surface area (Å²) in [7, 11) is -3.15. The summed E-state index contributed by atoms with van der Waals surface area (Å²) in [5.41, 5.74) is 0.922. The van der Waals surface area contributed by atoms with E-state index in [-0.39, 0.29) is 11.6 Å². The highest BCUT2D eigenvalue weighted by Crippen LogP contribution is 2.35. The molecule has 0 amide bonds. The summed E-state index contributed by atoms with van der Waals surface area (Å²) in [5.74, 6) is -5.51. The number of alkyl halides is 6. The molecule has 3 rings (SSSR count). The number of halogens is 6. The van der Waals surface area contributed by atoms with Gasteiger partial charge >= 0.3 is 24.3 Å². The van der Waals surface area contributed by atoms with Crippen molar-refractivity contribution in [2.45, 2.75) is 56.2 Å². The zero-order valence-electron chi connectivity index (χ0n) is 19.5. The Kier molecular flexibility index (Phi) is 11.7. The second kappa shape index (κ2) is 13.3. The molecule has 1 spiro atoms. The van der Waals surface area contributed by atoms with Gasteiger partial charge in [-0.2, -0.15) is 26.3 Å². The summed E-state index contributed by atoms with van der Waals surface area (Å²) in [5, 5.41) is 14.2. The summed E-state index contributed by atoms with van der Waals surface area (Å²) in [6, 6.07) is 5.99. The number of likely N-dealkylation sites (tertiary alicyclic amines) is 1. The maximum Gasteiger partial charge on any atom is 0.490 e. The number of pyridine rings is 1. The molecule has 0 radical (unpaired) electrons. The summed E-state index contributed by atoms with van der Waals surface area (Å²) in [6.45, 7) is 3.42. The quantitative estimate of drug-likeness (QED) is 0.467. The number of hydrogen-bond donors (Lipinski definition) is 3. The van der Waals surface area contributed by atoms with E-state index in [1.54, 1.807) is 0 Å². The first-order valence-corrected chi connectivity index (χ1v) is 12.6. The van der Waals surface area contributed by atoms with Crippen LogP contribution in [0.25, 0.3) is 0 Å². The van der Waals surface area contributed by atoms with Gasteiger partial charge in [-0.3, -0.25) is 9.88 Å². The van der Waals surface area contributed by atoms with Gasteiger partial charge in [0, 0.05) is 38.5 Å². The summed E-state index contributed by atoms with van der Waals surface area (Å²) >= 11 is 0. The Morgan fingerprint density at radius 2 is 1.62 bits per heavy atom. The van der Waals surface area contributed by atoms with Gasteiger partial charge in [0.05, 0.1) is 17.6 Å². The van der Waals surface area contributed by atoms with Crippen molar-refractivity contribution < 1.29 is 59.3 Å². The minimum atomic E-state index is -5.08. The first-order valence-electron chi connectivity index (χ1n) is 10.7. The van der Waals surface area contributed by atoms with Crippen molar-refractivity contribution in [3.8, 4) is 0 Å². The lowest BCUT2D eigenvalue weighted by Gasteiger charge is -2.46. The Balaban J connectivity index is 0.000000404. The Hall–Kier alpha value is -2.50. The zero-order valence-corrected chi connectivity index (χ0v) is 20.4. The molecule has 2 aliphatic heterocycles. The highest BCUT2D eigenvalue weighted by Gasteiger charge is 2.41. The molecule has 37 heavy (non-hydrogen) atoms. The second-order valence-corrected chi connectivity index (χ2v) is 10.1. The molecule has 1 atom stereocenters. The van der Waals surface area contributed by atoms with Crippen molar-refractivity contribution in [2.75, 3.05) is 26.0 Å². The number of carbonyl (C=O) groups is 2. The minimum Gasteiger partial charge on any atom is -0.475 e. The number of piperidine rings is 1. The minimum absolute atomic E-state index is 0.00101. The number of nitrogens with zero attached hydrogens (tertiary/aromatic N) is 2. The van der Waals surface area contributed by atoms with Gasteiger partial charge in [0.1, 0.15) is 0 Å². The van der Waals surface area contributed by atoms with Crippen LogP contribution in [0.3, 0.4) is 0 Å². The molecule has 1 aromatic heterocycles. The number of nitrogens with one attached hydrogen (secondary N) is 1. The molecule has 0 bridgehead atoms. The van der Waals surface area contributed by atoms with Crippen LogP contribution in [0.2, 0.25) is 0 Å². The van der Waals surface area contributed by atoms with E-state index in [0.29, 0.717) is 6.61 Å². The van der Waals surface area contributed by atoms with Crippen LogP contribution in [0.5, 0.6) is 0 Å². The van der Waals surface area contributed by atoms with Gasteiger partial charge in [-0.15, -0.1) is 0 Å². The van der Waals surface area contributed by atoms with E-state index in [0.717, 1.165) is 51.0 Å². The fourth-order valence-electron chi connectivity index (χ4n) is 3.62.